The highest BCUT2D eigenvalue weighted by atomic mass is 35.5. The SMILES string of the molecule is CC1CC(NC(=O)CCOC2CNC2)C1.Cl. The van der Waals surface area contributed by atoms with E-state index >= 15 is 0 Å². The minimum absolute atomic E-state index is 0. The molecule has 4 nitrogen and oxygen atoms in total. The molecule has 0 unspecified atom stereocenters. The molecule has 0 aromatic heterocycles. The molecule has 0 aromatic rings. The molecule has 2 aliphatic rings. The highest BCUT2D eigenvalue weighted by Gasteiger charge is 2.26. The average Bonchev–Trinajstić information content (AvgIpc) is 2.07. The summed E-state index contributed by atoms with van der Waals surface area (Å²) in [4.78, 5) is 11.4. The lowest BCUT2D eigenvalue weighted by Crippen LogP contribution is -2.49. The van der Waals surface area contributed by atoms with Crippen molar-refractivity contribution >= 4 is 18.3 Å². The minimum atomic E-state index is 0. The lowest BCUT2D eigenvalue weighted by molar-refractivity contribution is -0.124. The summed E-state index contributed by atoms with van der Waals surface area (Å²) in [5.41, 5.74) is 0. The summed E-state index contributed by atoms with van der Waals surface area (Å²) in [5.74, 6) is 0.923. The number of carbonyl (C=O) groups excluding carboxylic acids is 1. The maximum atomic E-state index is 11.4. The van der Waals surface area contributed by atoms with Crippen molar-refractivity contribution in [3.05, 3.63) is 0 Å². The molecule has 94 valence electrons. The van der Waals surface area contributed by atoms with E-state index in [2.05, 4.69) is 17.6 Å². The summed E-state index contributed by atoms with van der Waals surface area (Å²) < 4.78 is 5.48. The Morgan fingerprint density at radius 2 is 2.12 bits per heavy atom. The van der Waals surface area contributed by atoms with Crippen molar-refractivity contribution in [1.82, 2.24) is 10.6 Å². The van der Waals surface area contributed by atoms with Crippen LogP contribution in [-0.2, 0) is 9.53 Å². The second-order valence-corrected chi connectivity index (χ2v) is 4.74. The molecule has 1 amide bonds. The van der Waals surface area contributed by atoms with Crippen LogP contribution in [0.15, 0.2) is 0 Å². The molecule has 5 heteroatoms. The van der Waals surface area contributed by atoms with E-state index in [0.29, 0.717) is 25.2 Å². The lowest BCUT2D eigenvalue weighted by Gasteiger charge is -2.33. The maximum Gasteiger partial charge on any atom is 0.222 e. The summed E-state index contributed by atoms with van der Waals surface area (Å²) in [6, 6.07) is 0.429. The van der Waals surface area contributed by atoms with Crippen molar-refractivity contribution in [3.63, 3.8) is 0 Å². The summed E-state index contributed by atoms with van der Waals surface area (Å²) in [6.45, 7) is 4.64. The first-order chi connectivity index (χ1) is 7.24. The Kier molecular flexibility index (Phi) is 5.52. The lowest BCUT2D eigenvalue weighted by atomic mass is 9.82. The molecule has 1 saturated heterocycles. The molecule has 0 spiro atoms. The van der Waals surface area contributed by atoms with Gasteiger partial charge in [-0.2, -0.15) is 0 Å². The van der Waals surface area contributed by atoms with Crippen LogP contribution in [0.3, 0.4) is 0 Å². The number of halogens is 1. The zero-order chi connectivity index (χ0) is 10.7. The smallest absolute Gasteiger partial charge is 0.222 e. The molecule has 16 heavy (non-hydrogen) atoms. The summed E-state index contributed by atoms with van der Waals surface area (Å²) in [5, 5.41) is 6.15. The van der Waals surface area contributed by atoms with Gasteiger partial charge < -0.3 is 15.4 Å². The van der Waals surface area contributed by atoms with Crippen LogP contribution in [0.4, 0.5) is 0 Å². The molecule has 1 aliphatic carbocycles. The van der Waals surface area contributed by atoms with Gasteiger partial charge >= 0.3 is 0 Å². The fourth-order valence-corrected chi connectivity index (χ4v) is 2.02. The Hall–Kier alpha value is -0.320. The van der Waals surface area contributed by atoms with Gasteiger partial charge in [0.2, 0.25) is 5.91 Å². The van der Waals surface area contributed by atoms with Crippen LogP contribution in [0, 0.1) is 5.92 Å². The molecule has 1 aliphatic heterocycles. The summed E-state index contributed by atoms with van der Waals surface area (Å²) in [7, 11) is 0. The van der Waals surface area contributed by atoms with Gasteiger partial charge in [0.1, 0.15) is 0 Å². The fourth-order valence-electron chi connectivity index (χ4n) is 2.02. The highest BCUT2D eigenvalue weighted by molar-refractivity contribution is 5.85. The Morgan fingerprint density at radius 1 is 1.44 bits per heavy atom. The largest absolute Gasteiger partial charge is 0.375 e. The van der Waals surface area contributed by atoms with Crippen LogP contribution in [-0.4, -0.2) is 37.7 Å². The van der Waals surface area contributed by atoms with E-state index in [-0.39, 0.29) is 18.3 Å². The average molecular weight is 249 g/mol. The first-order valence-corrected chi connectivity index (χ1v) is 5.85. The van der Waals surface area contributed by atoms with E-state index in [1.807, 2.05) is 0 Å². The molecule has 1 heterocycles. The number of nitrogens with one attached hydrogen (secondary N) is 2. The molecular weight excluding hydrogens is 228 g/mol. The Labute approximate surface area is 103 Å². The zero-order valence-corrected chi connectivity index (χ0v) is 10.5. The predicted octanol–water partition coefficient (Wildman–Crippen LogP) is 0.701. The predicted molar refractivity (Wildman–Crippen MR) is 64.8 cm³/mol. The van der Waals surface area contributed by atoms with E-state index in [1.165, 1.54) is 0 Å². The van der Waals surface area contributed by atoms with Crippen molar-refractivity contribution in [3.8, 4) is 0 Å². The minimum Gasteiger partial charge on any atom is -0.375 e. The van der Waals surface area contributed by atoms with E-state index in [1.54, 1.807) is 0 Å². The van der Waals surface area contributed by atoms with Gasteiger partial charge in [-0.15, -0.1) is 12.4 Å². The number of hydrogen-bond donors (Lipinski definition) is 2. The number of carbonyl (C=O) groups is 1. The van der Waals surface area contributed by atoms with Gasteiger partial charge in [-0.05, 0) is 18.8 Å². The second kappa shape index (κ2) is 6.42. The van der Waals surface area contributed by atoms with Crippen LogP contribution < -0.4 is 10.6 Å². The van der Waals surface area contributed by atoms with Gasteiger partial charge in [-0.25, -0.2) is 0 Å². The van der Waals surface area contributed by atoms with Crippen LogP contribution in [0.2, 0.25) is 0 Å². The molecule has 2 rings (SSSR count). The molecule has 0 aromatic carbocycles. The Bertz CT molecular complexity index is 228. The molecule has 0 radical (unpaired) electrons. The molecule has 0 bridgehead atoms. The topological polar surface area (TPSA) is 50.4 Å². The van der Waals surface area contributed by atoms with Crippen LogP contribution in [0.1, 0.15) is 26.2 Å². The third kappa shape index (κ3) is 3.92. The highest BCUT2D eigenvalue weighted by Crippen LogP contribution is 2.26. The van der Waals surface area contributed by atoms with E-state index < -0.39 is 0 Å². The third-order valence-electron chi connectivity index (χ3n) is 3.17. The van der Waals surface area contributed by atoms with Gasteiger partial charge in [0.15, 0.2) is 0 Å². The maximum absolute atomic E-state index is 11.4. The number of hydrogen-bond acceptors (Lipinski definition) is 3. The number of ether oxygens (including phenoxy) is 1. The monoisotopic (exact) mass is 248 g/mol. The number of rotatable bonds is 5. The van der Waals surface area contributed by atoms with Gasteiger partial charge in [0, 0.05) is 25.6 Å². The molecule has 0 atom stereocenters. The van der Waals surface area contributed by atoms with Gasteiger partial charge in [0.25, 0.3) is 0 Å². The Balaban J connectivity index is 0.00000128. The second-order valence-electron chi connectivity index (χ2n) is 4.74. The molecule has 1 saturated carbocycles. The van der Waals surface area contributed by atoms with Gasteiger partial charge in [-0.1, -0.05) is 6.92 Å². The van der Waals surface area contributed by atoms with Crippen LogP contribution >= 0.6 is 12.4 Å². The van der Waals surface area contributed by atoms with Crippen molar-refractivity contribution < 1.29 is 9.53 Å². The Morgan fingerprint density at radius 3 is 2.62 bits per heavy atom. The van der Waals surface area contributed by atoms with Crippen molar-refractivity contribution in [2.24, 2.45) is 5.92 Å². The van der Waals surface area contributed by atoms with Crippen molar-refractivity contribution in [2.75, 3.05) is 19.7 Å². The first-order valence-electron chi connectivity index (χ1n) is 5.85. The first kappa shape index (κ1) is 13.7. The summed E-state index contributed by atoms with van der Waals surface area (Å²) >= 11 is 0. The van der Waals surface area contributed by atoms with Gasteiger partial charge in [0.05, 0.1) is 12.7 Å². The van der Waals surface area contributed by atoms with E-state index in [0.717, 1.165) is 31.8 Å². The zero-order valence-electron chi connectivity index (χ0n) is 9.70. The van der Waals surface area contributed by atoms with Crippen molar-refractivity contribution in [1.29, 1.82) is 0 Å². The number of amides is 1. The van der Waals surface area contributed by atoms with Crippen molar-refractivity contribution in [2.45, 2.75) is 38.3 Å². The fraction of sp³-hybridized carbons (Fsp3) is 0.909. The van der Waals surface area contributed by atoms with Crippen LogP contribution in [0.25, 0.3) is 0 Å². The van der Waals surface area contributed by atoms with E-state index in [4.69, 9.17) is 4.74 Å². The summed E-state index contributed by atoms with van der Waals surface area (Å²) in [6.07, 6.45) is 3.11. The molecular formula is C11H21ClN2O2. The normalized spacial score (nSPS) is 28.6. The quantitative estimate of drug-likeness (QED) is 0.753. The molecule has 2 fully saturated rings. The van der Waals surface area contributed by atoms with E-state index in [9.17, 15) is 4.79 Å². The molecule has 2 N–H and O–H groups in total. The standard InChI is InChI=1S/C11H20N2O2.ClH/c1-8-4-9(5-8)13-11(14)2-3-15-10-6-12-7-10;/h8-10,12H,2-7H2,1H3,(H,13,14);1H. The van der Waals surface area contributed by atoms with Gasteiger partial charge in [-0.3, -0.25) is 4.79 Å². The van der Waals surface area contributed by atoms with Crippen LogP contribution in [0.5, 0.6) is 0 Å². The third-order valence-corrected chi connectivity index (χ3v) is 3.17.